The normalized spacial score (nSPS) is 15.1. The van der Waals surface area contributed by atoms with Gasteiger partial charge in [0.1, 0.15) is 0 Å². The van der Waals surface area contributed by atoms with Gasteiger partial charge in [-0.25, -0.2) is 0 Å². The summed E-state index contributed by atoms with van der Waals surface area (Å²) >= 11 is 0. The minimum Gasteiger partial charge on any atom is -0.369 e. The van der Waals surface area contributed by atoms with Gasteiger partial charge in [-0.3, -0.25) is 19.2 Å². The van der Waals surface area contributed by atoms with Crippen LogP contribution in [0.15, 0.2) is 30.5 Å². The van der Waals surface area contributed by atoms with E-state index in [1.165, 1.54) is 0 Å². The number of rotatable bonds is 5. The van der Waals surface area contributed by atoms with Gasteiger partial charge in [-0.05, 0) is 38.1 Å². The summed E-state index contributed by atoms with van der Waals surface area (Å²) in [6.07, 6.45) is 1.68. The molecule has 1 aliphatic heterocycles. The van der Waals surface area contributed by atoms with Crippen LogP contribution in [0.4, 0.5) is 11.4 Å². The van der Waals surface area contributed by atoms with Gasteiger partial charge in [0.2, 0.25) is 5.91 Å². The summed E-state index contributed by atoms with van der Waals surface area (Å²) in [6, 6.07) is 7.72. The quantitative estimate of drug-likeness (QED) is 0.827. The Bertz CT molecular complexity index is 789. The zero-order chi connectivity index (χ0) is 18.7. The monoisotopic (exact) mass is 355 g/mol. The van der Waals surface area contributed by atoms with Crippen molar-refractivity contribution in [3.05, 3.63) is 41.7 Å². The molecule has 0 radical (unpaired) electrons. The molecule has 2 heterocycles. The molecule has 1 N–H and O–H groups in total. The highest BCUT2D eigenvalue weighted by molar-refractivity contribution is 5.94. The maximum absolute atomic E-state index is 12.3. The number of hydrogen-bond acceptors (Lipinski definition) is 5. The molecule has 7 nitrogen and oxygen atoms in total. The summed E-state index contributed by atoms with van der Waals surface area (Å²) in [5.74, 6) is 0.0663. The highest BCUT2D eigenvalue weighted by atomic mass is 16.2. The number of Topliss-reactive ketones (excluding diaryl/α,β-unsaturated/α-hetero) is 1. The summed E-state index contributed by atoms with van der Waals surface area (Å²) < 4.78 is 1.74. The first-order chi connectivity index (χ1) is 12.4. The number of carbonyl (C=O) groups is 2. The molecule has 1 saturated heterocycles. The van der Waals surface area contributed by atoms with Crippen molar-refractivity contribution in [3.8, 4) is 0 Å². The highest BCUT2D eigenvalue weighted by Crippen LogP contribution is 2.18. The number of benzene rings is 1. The van der Waals surface area contributed by atoms with Crippen LogP contribution in [-0.4, -0.2) is 59.1 Å². The summed E-state index contributed by atoms with van der Waals surface area (Å²) in [4.78, 5) is 28.1. The molecule has 7 heteroatoms. The molecule has 3 rings (SSSR count). The number of piperazine rings is 1. The molecule has 0 saturated carbocycles. The van der Waals surface area contributed by atoms with Crippen LogP contribution in [0.2, 0.25) is 0 Å². The minimum absolute atomic E-state index is 0.0136. The lowest BCUT2D eigenvalue weighted by molar-refractivity contribution is -0.117. The molecule has 0 bridgehead atoms. The zero-order valence-electron chi connectivity index (χ0n) is 15.5. The smallest absolute Gasteiger partial charge is 0.238 e. The number of hydrogen-bond donors (Lipinski definition) is 1. The lowest BCUT2D eigenvalue weighted by Gasteiger charge is -2.35. The Balaban J connectivity index is 1.49. The molecule has 0 spiro atoms. The molecule has 26 heavy (non-hydrogen) atoms. The summed E-state index contributed by atoms with van der Waals surface area (Å²) in [5.41, 5.74) is 3.55. The first kappa shape index (κ1) is 18.1. The van der Waals surface area contributed by atoms with E-state index in [0.29, 0.717) is 6.54 Å². The molecule has 0 atom stereocenters. The molecule has 1 fully saturated rings. The zero-order valence-corrected chi connectivity index (χ0v) is 15.5. The van der Waals surface area contributed by atoms with Crippen molar-refractivity contribution in [1.82, 2.24) is 14.7 Å². The lowest BCUT2D eigenvalue weighted by atomic mass is 10.1. The Morgan fingerprint density at radius 3 is 2.31 bits per heavy atom. The number of nitrogens with one attached hydrogen (secondary N) is 1. The van der Waals surface area contributed by atoms with Gasteiger partial charge in [-0.1, -0.05) is 0 Å². The van der Waals surface area contributed by atoms with Gasteiger partial charge in [-0.2, -0.15) is 5.10 Å². The average molecular weight is 355 g/mol. The number of amides is 1. The Labute approximate surface area is 153 Å². The summed E-state index contributed by atoms with van der Waals surface area (Å²) in [7, 11) is 1.85. The number of aromatic nitrogens is 2. The minimum atomic E-state index is -0.0136. The predicted octanol–water partition coefficient (Wildman–Crippen LogP) is 1.69. The molecule has 2 aromatic rings. The van der Waals surface area contributed by atoms with E-state index >= 15 is 0 Å². The number of anilines is 2. The number of nitrogens with zero attached hydrogens (tertiary/aromatic N) is 4. The Hall–Kier alpha value is -2.67. The fourth-order valence-corrected chi connectivity index (χ4v) is 3.09. The van der Waals surface area contributed by atoms with Crippen molar-refractivity contribution in [2.75, 3.05) is 42.9 Å². The van der Waals surface area contributed by atoms with Gasteiger partial charge in [0, 0.05) is 44.5 Å². The van der Waals surface area contributed by atoms with Crippen LogP contribution in [0, 0.1) is 6.92 Å². The van der Waals surface area contributed by atoms with Gasteiger partial charge >= 0.3 is 0 Å². The van der Waals surface area contributed by atoms with E-state index in [0.717, 1.165) is 48.8 Å². The van der Waals surface area contributed by atoms with Gasteiger partial charge in [0.15, 0.2) is 5.78 Å². The Morgan fingerprint density at radius 2 is 1.77 bits per heavy atom. The standard InChI is InChI=1S/C19H25N5O2/c1-14-18(12-20-22(14)3)21-19(26)13-23-8-10-24(11-9-23)17-6-4-16(5-7-17)15(2)25/h4-7,12H,8-11,13H2,1-3H3,(H,21,26). The second kappa shape index (κ2) is 7.70. The van der Waals surface area contributed by atoms with E-state index in [1.54, 1.807) is 17.8 Å². The number of ketones is 1. The van der Waals surface area contributed by atoms with E-state index in [2.05, 4.69) is 20.2 Å². The van der Waals surface area contributed by atoms with Crippen molar-refractivity contribution in [2.45, 2.75) is 13.8 Å². The lowest BCUT2D eigenvalue weighted by Crippen LogP contribution is -2.48. The van der Waals surface area contributed by atoms with Gasteiger partial charge in [-0.15, -0.1) is 0 Å². The third-order valence-electron chi connectivity index (χ3n) is 4.89. The fourth-order valence-electron chi connectivity index (χ4n) is 3.09. The number of aryl methyl sites for hydroxylation is 1. The molecule has 1 aliphatic rings. The van der Waals surface area contributed by atoms with E-state index in [-0.39, 0.29) is 11.7 Å². The van der Waals surface area contributed by atoms with Crippen molar-refractivity contribution < 1.29 is 9.59 Å². The topological polar surface area (TPSA) is 70.5 Å². The van der Waals surface area contributed by atoms with Crippen LogP contribution in [0.3, 0.4) is 0 Å². The summed E-state index contributed by atoms with van der Waals surface area (Å²) in [5, 5.41) is 7.07. The van der Waals surface area contributed by atoms with Crippen molar-refractivity contribution in [1.29, 1.82) is 0 Å². The van der Waals surface area contributed by atoms with Crippen LogP contribution in [0.1, 0.15) is 23.0 Å². The molecule has 1 amide bonds. The van der Waals surface area contributed by atoms with Crippen molar-refractivity contribution in [2.24, 2.45) is 7.05 Å². The molecule has 1 aromatic carbocycles. The van der Waals surface area contributed by atoms with E-state index in [1.807, 2.05) is 38.2 Å². The van der Waals surface area contributed by atoms with Gasteiger partial charge in [0.25, 0.3) is 0 Å². The van der Waals surface area contributed by atoms with E-state index in [4.69, 9.17) is 0 Å². The molecule has 138 valence electrons. The SMILES string of the molecule is CC(=O)c1ccc(N2CCN(CC(=O)Nc3cnn(C)c3C)CC2)cc1. The van der Waals surface area contributed by atoms with Crippen molar-refractivity contribution in [3.63, 3.8) is 0 Å². The second-order valence-corrected chi connectivity index (χ2v) is 6.68. The fraction of sp³-hybridized carbons (Fsp3) is 0.421. The highest BCUT2D eigenvalue weighted by Gasteiger charge is 2.20. The maximum Gasteiger partial charge on any atom is 0.238 e. The molecule has 0 unspecified atom stereocenters. The molecular weight excluding hydrogens is 330 g/mol. The van der Waals surface area contributed by atoms with Crippen molar-refractivity contribution >= 4 is 23.1 Å². The second-order valence-electron chi connectivity index (χ2n) is 6.68. The maximum atomic E-state index is 12.3. The van der Waals surface area contributed by atoms with Crippen LogP contribution in [0.25, 0.3) is 0 Å². The molecular formula is C19H25N5O2. The third kappa shape index (κ3) is 4.11. The summed E-state index contributed by atoms with van der Waals surface area (Å²) in [6.45, 7) is 7.26. The Morgan fingerprint density at radius 1 is 1.12 bits per heavy atom. The largest absolute Gasteiger partial charge is 0.369 e. The average Bonchev–Trinajstić information content (AvgIpc) is 2.94. The van der Waals surface area contributed by atoms with E-state index in [9.17, 15) is 9.59 Å². The van der Waals surface area contributed by atoms with Gasteiger partial charge in [0.05, 0.1) is 24.1 Å². The molecule has 1 aromatic heterocycles. The molecule has 0 aliphatic carbocycles. The Kier molecular flexibility index (Phi) is 5.37. The van der Waals surface area contributed by atoms with Crippen LogP contribution in [-0.2, 0) is 11.8 Å². The number of carbonyl (C=O) groups excluding carboxylic acids is 2. The van der Waals surface area contributed by atoms with E-state index < -0.39 is 0 Å². The van der Waals surface area contributed by atoms with Gasteiger partial charge < -0.3 is 10.2 Å². The van der Waals surface area contributed by atoms with Crippen LogP contribution < -0.4 is 10.2 Å². The first-order valence-electron chi connectivity index (χ1n) is 8.81. The van der Waals surface area contributed by atoms with Crippen LogP contribution >= 0.6 is 0 Å². The third-order valence-corrected chi connectivity index (χ3v) is 4.89. The predicted molar refractivity (Wildman–Crippen MR) is 102 cm³/mol. The van der Waals surface area contributed by atoms with Crippen LogP contribution in [0.5, 0.6) is 0 Å². The first-order valence-corrected chi connectivity index (χ1v) is 8.81.